The number of anilines is 1. The van der Waals surface area contributed by atoms with Gasteiger partial charge in [-0.25, -0.2) is 4.68 Å². The molecule has 3 heterocycles. The number of hydrogen-bond donors (Lipinski definition) is 0. The van der Waals surface area contributed by atoms with Crippen molar-refractivity contribution in [1.82, 2.24) is 19.7 Å². The zero-order valence-corrected chi connectivity index (χ0v) is 14.6. The summed E-state index contributed by atoms with van der Waals surface area (Å²) in [6.45, 7) is 1.11. The van der Waals surface area contributed by atoms with E-state index in [1.807, 2.05) is 6.07 Å². The van der Waals surface area contributed by atoms with Crippen LogP contribution >= 0.6 is 23.4 Å². The van der Waals surface area contributed by atoms with Crippen molar-refractivity contribution in [1.29, 1.82) is 0 Å². The number of pyridine rings is 1. The molecule has 0 aliphatic carbocycles. The first-order chi connectivity index (χ1) is 11.6. The van der Waals surface area contributed by atoms with Crippen molar-refractivity contribution in [2.75, 3.05) is 30.8 Å². The molecule has 24 heavy (non-hydrogen) atoms. The molecule has 0 radical (unpaired) electrons. The molecule has 126 valence electrons. The van der Waals surface area contributed by atoms with Crippen molar-refractivity contribution in [3.05, 3.63) is 35.9 Å². The summed E-state index contributed by atoms with van der Waals surface area (Å²) in [5.74, 6) is 0.666. The predicted octanol–water partition coefficient (Wildman–Crippen LogP) is 2.44. The van der Waals surface area contributed by atoms with Crippen LogP contribution in [-0.4, -0.2) is 56.7 Å². The highest BCUT2D eigenvalue weighted by Crippen LogP contribution is 2.25. The van der Waals surface area contributed by atoms with E-state index in [2.05, 4.69) is 10.1 Å². The Kier molecular flexibility index (Phi) is 5.06. The molecule has 1 aliphatic rings. The van der Waals surface area contributed by atoms with Gasteiger partial charge in [-0.15, -0.1) is 0 Å². The van der Waals surface area contributed by atoms with Crippen molar-refractivity contribution in [2.45, 2.75) is 6.42 Å². The largest absolute Gasteiger partial charge is 0.332 e. The van der Waals surface area contributed by atoms with Gasteiger partial charge in [0.05, 0.1) is 18.1 Å². The van der Waals surface area contributed by atoms with Crippen LogP contribution in [0.25, 0.3) is 5.69 Å². The van der Waals surface area contributed by atoms with E-state index in [-0.39, 0.29) is 22.7 Å². The number of amides is 2. The molecule has 2 aromatic rings. The summed E-state index contributed by atoms with van der Waals surface area (Å²) in [4.78, 5) is 31.1. The van der Waals surface area contributed by atoms with E-state index in [1.54, 1.807) is 41.3 Å². The van der Waals surface area contributed by atoms with E-state index in [4.69, 9.17) is 11.6 Å². The molecule has 0 N–H and O–H groups in total. The maximum absolute atomic E-state index is 12.4. The molecule has 0 saturated carbocycles. The Morgan fingerprint density at radius 2 is 2.33 bits per heavy atom. The van der Waals surface area contributed by atoms with E-state index in [9.17, 15) is 9.59 Å². The van der Waals surface area contributed by atoms with E-state index in [0.717, 1.165) is 11.4 Å². The number of halogens is 1. The number of carbonyl (C=O) groups is 2. The summed E-state index contributed by atoms with van der Waals surface area (Å²) in [5.41, 5.74) is 1.28. The molecule has 0 unspecified atom stereocenters. The Morgan fingerprint density at radius 1 is 1.50 bits per heavy atom. The highest BCUT2D eigenvalue weighted by molar-refractivity contribution is 8.13. The minimum atomic E-state index is -0.118. The lowest BCUT2D eigenvalue weighted by molar-refractivity contribution is -0.118. The first-order valence-electron chi connectivity index (χ1n) is 7.40. The molecule has 7 nitrogen and oxygen atoms in total. The molecule has 1 fully saturated rings. The molecule has 9 heteroatoms. The smallest absolute Gasteiger partial charge is 0.281 e. The molecule has 0 spiro atoms. The molecule has 0 bridgehead atoms. The van der Waals surface area contributed by atoms with Crippen molar-refractivity contribution >= 4 is 40.2 Å². The highest BCUT2D eigenvalue weighted by atomic mass is 35.5. The number of aromatic nitrogens is 3. The number of hydrogen-bond acceptors (Lipinski definition) is 5. The zero-order chi connectivity index (χ0) is 17.1. The fourth-order valence-electron chi connectivity index (χ4n) is 2.35. The van der Waals surface area contributed by atoms with Gasteiger partial charge in [-0.1, -0.05) is 23.4 Å². The highest BCUT2D eigenvalue weighted by Gasteiger charge is 2.23. The standard InChI is InChI=1S/C15H16ClN5O2S/c1-19(13(22)4-6-20-7-8-24-15(20)23)12-10-21(18-14(12)16)11-3-2-5-17-9-11/h2-3,5,9-10H,4,6-8H2,1H3. The van der Waals surface area contributed by atoms with Gasteiger partial charge in [0, 0.05) is 38.5 Å². The van der Waals surface area contributed by atoms with Gasteiger partial charge >= 0.3 is 0 Å². The predicted molar refractivity (Wildman–Crippen MR) is 93.8 cm³/mol. The third-order valence-corrected chi connectivity index (χ3v) is 4.90. The van der Waals surface area contributed by atoms with Gasteiger partial charge in [0.25, 0.3) is 5.24 Å². The van der Waals surface area contributed by atoms with Crippen LogP contribution in [0.2, 0.25) is 5.15 Å². The summed E-state index contributed by atoms with van der Waals surface area (Å²) in [6, 6.07) is 3.64. The van der Waals surface area contributed by atoms with Crippen LogP contribution in [0.3, 0.4) is 0 Å². The Bertz CT molecular complexity index is 752. The molecular weight excluding hydrogens is 350 g/mol. The van der Waals surface area contributed by atoms with E-state index >= 15 is 0 Å². The normalized spacial score (nSPS) is 14.2. The fraction of sp³-hybridized carbons (Fsp3) is 0.333. The van der Waals surface area contributed by atoms with Crippen molar-refractivity contribution in [2.24, 2.45) is 0 Å². The molecule has 1 saturated heterocycles. The summed E-state index contributed by atoms with van der Waals surface area (Å²) in [6.07, 6.45) is 5.26. The summed E-state index contributed by atoms with van der Waals surface area (Å²) < 4.78 is 1.58. The van der Waals surface area contributed by atoms with E-state index in [0.29, 0.717) is 18.8 Å². The fourth-order valence-corrected chi connectivity index (χ4v) is 3.46. The second-order valence-corrected chi connectivity index (χ2v) is 6.67. The minimum absolute atomic E-state index is 0.0351. The molecule has 0 atom stereocenters. The van der Waals surface area contributed by atoms with Crippen molar-refractivity contribution < 1.29 is 9.59 Å². The maximum atomic E-state index is 12.4. The van der Waals surface area contributed by atoms with Gasteiger partial charge < -0.3 is 9.80 Å². The van der Waals surface area contributed by atoms with Gasteiger partial charge in [0.15, 0.2) is 5.15 Å². The lowest BCUT2D eigenvalue weighted by Gasteiger charge is -2.18. The van der Waals surface area contributed by atoms with Gasteiger partial charge in [-0.05, 0) is 12.1 Å². The molecule has 2 aromatic heterocycles. The molecule has 0 aromatic carbocycles. The average molecular weight is 366 g/mol. The summed E-state index contributed by atoms with van der Waals surface area (Å²) >= 11 is 7.46. The first-order valence-corrected chi connectivity index (χ1v) is 8.76. The third kappa shape index (κ3) is 3.54. The molecule has 1 aliphatic heterocycles. The van der Waals surface area contributed by atoms with Gasteiger partial charge in [-0.3, -0.25) is 14.6 Å². The van der Waals surface area contributed by atoms with Crippen LogP contribution in [-0.2, 0) is 4.79 Å². The second-order valence-electron chi connectivity index (χ2n) is 5.27. The van der Waals surface area contributed by atoms with E-state index < -0.39 is 0 Å². The number of nitrogens with zero attached hydrogens (tertiary/aromatic N) is 5. The summed E-state index contributed by atoms with van der Waals surface area (Å²) in [7, 11) is 1.65. The topological polar surface area (TPSA) is 71.3 Å². The first kappa shape index (κ1) is 16.8. The Morgan fingerprint density at radius 3 is 3.00 bits per heavy atom. The lowest BCUT2D eigenvalue weighted by atomic mass is 10.3. The molecule has 2 amide bonds. The van der Waals surface area contributed by atoms with Crippen LogP contribution in [0.15, 0.2) is 30.7 Å². The Balaban J connectivity index is 1.68. The van der Waals surface area contributed by atoms with Crippen LogP contribution in [0.1, 0.15) is 6.42 Å². The SMILES string of the molecule is CN(C(=O)CCN1CCSC1=O)c1cn(-c2cccnc2)nc1Cl. The van der Waals surface area contributed by atoms with Crippen molar-refractivity contribution in [3.8, 4) is 5.69 Å². The zero-order valence-electron chi connectivity index (χ0n) is 13.1. The Hall–Kier alpha value is -2.06. The number of carbonyl (C=O) groups excluding carboxylic acids is 2. The van der Waals surface area contributed by atoms with Gasteiger partial charge in [0.1, 0.15) is 5.69 Å². The molecule has 3 rings (SSSR count). The van der Waals surface area contributed by atoms with Crippen LogP contribution in [0.5, 0.6) is 0 Å². The second kappa shape index (κ2) is 7.23. The third-order valence-electron chi connectivity index (χ3n) is 3.74. The lowest BCUT2D eigenvalue weighted by Crippen LogP contribution is -2.32. The van der Waals surface area contributed by atoms with E-state index in [1.165, 1.54) is 16.7 Å². The van der Waals surface area contributed by atoms with Crippen molar-refractivity contribution in [3.63, 3.8) is 0 Å². The quantitative estimate of drug-likeness (QED) is 0.813. The van der Waals surface area contributed by atoms with Crippen LogP contribution in [0, 0.1) is 0 Å². The Labute approximate surface area is 148 Å². The number of rotatable bonds is 5. The minimum Gasteiger partial charge on any atom is -0.332 e. The maximum Gasteiger partial charge on any atom is 0.281 e. The summed E-state index contributed by atoms with van der Waals surface area (Å²) in [5, 5.41) is 4.49. The van der Waals surface area contributed by atoms with Crippen LogP contribution in [0.4, 0.5) is 10.5 Å². The monoisotopic (exact) mass is 365 g/mol. The van der Waals surface area contributed by atoms with Gasteiger partial charge in [0.2, 0.25) is 5.91 Å². The number of thioether (sulfide) groups is 1. The van der Waals surface area contributed by atoms with Crippen LogP contribution < -0.4 is 4.90 Å². The molecular formula is C15H16ClN5O2S. The average Bonchev–Trinajstić information content (AvgIpc) is 3.18. The van der Waals surface area contributed by atoms with Gasteiger partial charge in [-0.2, -0.15) is 5.10 Å².